The molecular weight excluding hydrogens is 304 g/mol. The van der Waals surface area contributed by atoms with Gasteiger partial charge in [0.2, 0.25) is 5.91 Å². The van der Waals surface area contributed by atoms with Gasteiger partial charge in [-0.15, -0.1) is 0 Å². The van der Waals surface area contributed by atoms with Gasteiger partial charge in [0.15, 0.2) is 0 Å². The van der Waals surface area contributed by atoms with Crippen molar-refractivity contribution in [3.05, 3.63) is 58.6 Å². The van der Waals surface area contributed by atoms with Crippen LogP contribution in [-0.2, 0) is 11.2 Å². The van der Waals surface area contributed by atoms with Gasteiger partial charge in [-0.2, -0.15) is 5.10 Å². The second-order valence-electron chi connectivity index (χ2n) is 4.52. The standard InChI is InChI=1S/C16H15ClN2O3/c1-22-14-4-2-3-11(7-14)8-16(21)19-18-10-12-9-13(17)5-6-15(12)20/h2-7,9-10,20H,8H2,1H3,(H,19,21)/b18-10+. The quantitative estimate of drug-likeness (QED) is 0.658. The molecule has 0 atom stereocenters. The highest BCUT2D eigenvalue weighted by molar-refractivity contribution is 6.30. The van der Waals surface area contributed by atoms with Crippen LogP contribution in [0.3, 0.4) is 0 Å². The van der Waals surface area contributed by atoms with Crippen LogP contribution in [-0.4, -0.2) is 24.3 Å². The minimum atomic E-state index is -0.272. The predicted octanol–water partition coefficient (Wildman–Crippen LogP) is 2.75. The van der Waals surface area contributed by atoms with Crippen LogP contribution >= 0.6 is 11.6 Å². The van der Waals surface area contributed by atoms with E-state index in [1.54, 1.807) is 25.3 Å². The van der Waals surface area contributed by atoms with Gasteiger partial charge in [-0.3, -0.25) is 4.79 Å². The van der Waals surface area contributed by atoms with Crippen molar-refractivity contribution in [1.82, 2.24) is 5.43 Å². The predicted molar refractivity (Wildman–Crippen MR) is 85.6 cm³/mol. The molecule has 0 aliphatic carbocycles. The highest BCUT2D eigenvalue weighted by Gasteiger charge is 2.04. The number of hydrogen-bond donors (Lipinski definition) is 2. The van der Waals surface area contributed by atoms with Crippen molar-refractivity contribution in [3.8, 4) is 11.5 Å². The monoisotopic (exact) mass is 318 g/mol. The van der Waals surface area contributed by atoms with E-state index in [0.717, 1.165) is 5.56 Å². The molecule has 6 heteroatoms. The van der Waals surface area contributed by atoms with E-state index in [1.165, 1.54) is 12.3 Å². The lowest BCUT2D eigenvalue weighted by Gasteiger charge is -2.04. The van der Waals surface area contributed by atoms with Crippen LogP contribution in [0.15, 0.2) is 47.6 Å². The number of rotatable bonds is 5. The fourth-order valence-electron chi connectivity index (χ4n) is 1.81. The third kappa shape index (κ3) is 4.49. The van der Waals surface area contributed by atoms with Gasteiger partial charge in [-0.1, -0.05) is 23.7 Å². The molecule has 0 aliphatic heterocycles. The lowest BCUT2D eigenvalue weighted by molar-refractivity contribution is -0.120. The molecule has 2 aromatic rings. The number of phenols is 1. The molecule has 0 heterocycles. The van der Waals surface area contributed by atoms with E-state index in [-0.39, 0.29) is 18.1 Å². The first-order valence-electron chi connectivity index (χ1n) is 6.52. The molecule has 5 nitrogen and oxygen atoms in total. The Balaban J connectivity index is 1.94. The minimum Gasteiger partial charge on any atom is -0.507 e. The fourth-order valence-corrected chi connectivity index (χ4v) is 1.99. The first kappa shape index (κ1) is 15.9. The van der Waals surface area contributed by atoms with Crippen LogP contribution in [0.4, 0.5) is 0 Å². The zero-order valence-electron chi connectivity index (χ0n) is 11.9. The van der Waals surface area contributed by atoms with Gasteiger partial charge in [0.25, 0.3) is 0 Å². The molecule has 0 saturated heterocycles. The second kappa shape index (κ2) is 7.47. The van der Waals surface area contributed by atoms with Gasteiger partial charge in [-0.05, 0) is 35.9 Å². The molecule has 2 aromatic carbocycles. The van der Waals surface area contributed by atoms with Crippen molar-refractivity contribution in [2.75, 3.05) is 7.11 Å². The average Bonchev–Trinajstić information content (AvgIpc) is 2.51. The van der Waals surface area contributed by atoms with Crippen LogP contribution < -0.4 is 10.2 Å². The van der Waals surface area contributed by atoms with Crippen molar-refractivity contribution in [3.63, 3.8) is 0 Å². The number of ether oxygens (including phenoxy) is 1. The fraction of sp³-hybridized carbons (Fsp3) is 0.125. The molecule has 0 unspecified atom stereocenters. The molecule has 2 N–H and O–H groups in total. The Bertz CT molecular complexity index is 702. The molecule has 0 saturated carbocycles. The summed E-state index contributed by atoms with van der Waals surface area (Å²) < 4.78 is 5.10. The Labute approximate surface area is 133 Å². The van der Waals surface area contributed by atoms with Crippen molar-refractivity contribution >= 4 is 23.7 Å². The smallest absolute Gasteiger partial charge is 0.244 e. The van der Waals surface area contributed by atoms with Gasteiger partial charge >= 0.3 is 0 Å². The van der Waals surface area contributed by atoms with Gasteiger partial charge in [-0.25, -0.2) is 5.43 Å². The van der Waals surface area contributed by atoms with Crippen molar-refractivity contribution in [2.45, 2.75) is 6.42 Å². The van der Waals surface area contributed by atoms with E-state index in [9.17, 15) is 9.90 Å². The number of aromatic hydroxyl groups is 1. The molecule has 2 rings (SSSR count). The molecule has 0 aliphatic rings. The number of carbonyl (C=O) groups is 1. The normalized spacial score (nSPS) is 10.6. The molecule has 0 fully saturated rings. The number of halogens is 1. The van der Waals surface area contributed by atoms with Crippen LogP contribution in [0.1, 0.15) is 11.1 Å². The Morgan fingerprint density at radius 3 is 2.95 bits per heavy atom. The van der Waals surface area contributed by atoms with E-state index in [0.29, 0.717) is 16.3 Å². The number of nitrogens with zero attached hydrogens (tertiary/aromatic N) is 1. The Morgan fingerprint density at radius 2 is 2.18 bits per heavy atom. The number of methoxy groups -OCH3 is 1. The summed E-state index contributed by atoms with van der Waals surface area (Å²) in [6, 6.07) is 11.8. The van der Waals surface area contributed by atoms with E-state index in [4.69, 9.17) is 16.3 Å². The maximum atomic E-state index is 11.8. The zero-order valence-corrected chi connectivity index (χ0v) is 12.7. The van der Waals surface area contributed by atoms with E-state index in [1.807, 2.05) is 18.2 Å². The van der Waals surface area contributed by atoms with Gasteiger partial charge in [0.1, 0.15) is 11.5 Å². The highest BCUT2D eigenvalue weighted by Crippen LogP contribution is 2.19. The molecule has 0 spiro atoms. The molecule has 0 bridgehead atoms. The summed E-state index contributed by atoms with van der Waals surface area (Å²) in [5.41, 5.74) is 3.64. The molecule has 0 radical (unpaired) electrons. The number of phenolic OH excluding ortho intramolecular Hbond substituents is 1. The maximum Gasteiger partial charge on any atom is 0.244 e. The molecule has 1 amide bonds. The summed E-state index contributed by atoms with van der Waals surface area (Å²) in [5.74, 6) is 0.457. The topological polar surface area (TPSA) is 70.9 Å². The number of hydrazone groups is 1. The zero-order chi connectivity index (χ0) is 15.9. The Kier molecular flexibility index (Phi) is 5.38. The van der Waals surface area contributed by atoms with Gasteiger partial charge in [0.05, 0.1) is 19.7 Å². The highest BCUT2D eigenvalue weighted by atomic mass is 35.5. The first-order valence-corrected chi connectivity index (χ1v) is 6.89. The lowest BCUT2D eigenvalue weighted by atomic mass is 10.1. The first-order chi connectivity index (χ1) is 10.6. The summed E-state index contributed by atoms with van der Waals surface area (Å²) in [6.45, 7) is 0. The van der Waals surface area contributed by atoms with Crippen LogP contribution in [0.25, 0.3) is 0 Å². The summed E-state index contributed by atoms with van der Waals surface area (Å²) >= 11 is 5.82. The number of hydrogen-bond acceptors (Lipinski definition) is 4. The molecule has 0 aromatic heterocycles. The SMILES string of the molecule is COc1cccc(CC(=O)N/N=C/c2cc(Cl)ccc2O)c1. The van der Waals surface area contributed by atoms with E-state index < -0.39 is 0 Å². The second-order valence-corrected chi connectivity index (χ2v) is 4.96. The largest absolute Gasteiger partial charge is 0.507 e. The number of amides is 1. The third-order valence-electron chi connectivity index (χ3n) is 2.88. The Hall–Kier alpha value is -2.53. The van der Waals surface area contributed by atoms with E-state index >= 15 is 0 Å². The average molecular weight is 319 g/mol. The number of nitrogens with one attached hydrogen (secondary N) is 1. The lowest BCUT2D eigenvalue weighted by Crippen LogP contribution is -2.19. The van der Waals surface area contributed by atoms with Crippen molar-refractivity contribution in [1.29, 1.82) is 0 Å². The minimum absolute atomic E-state index is 0.0372. The Morgan fingerprint density at radius 1 is 1.36 bits per heavy atom. The van der Waals surface area contributed by atoms with E-state index in [2.05, 4.69) is 10.5 Å². The number of carbonyl (C=O) groups excluding carboxylic acids is 1. The summed E-state index contributed by atoms with van der Waals surface area (Å²) in [4.78, 5) is 11.8. The van der Waals surface area contributed by atoms with Crippen molar-refractivity contribution in [2.24, 2.45) is 5.10 Å². The van der Waals surface area contributed by atoms with Crippen molar-refractivity contribution < 1.29 is 14.6 Å². The third-order valence-corrected chi connectivity index (χ3v) is 3.12. The van der Waals surface area contributed by atoms with Crippen LogP contribution in [0, 0.1) is 0 Å². The maximum absolute atomic E-state index is 11.8. The summed E-state index contributed by atoms with van der Waals surface area (Å²) in [7, 11) is 1.57. The number of benzene rings is 2. The molecule has 114 valence electrons. The summed E-state index contributed by atoms with van der Waals surface area (Å²) in [5, 5.41) is 13.9. The van der Waals surface area contributed by atoms with Gasteiger partial charge in [0, 0.05) is 10.6 Å². The van der Waals surface area contributed by atoms with Gasteiger partial charge < -0.3 is 9.84 Å². The molecular formula is C16H15ClN2O3. The summed E-state index contributed by atoms with van der Waals surface area (Å²) in [6.07, 6.45) is 1.51. The van der Waals surface area contributed by atoms with Crippen LogP contribution in [0.5, 0.6) is 11.5 Å². The van der Waals surface area contributed by atoms with Crippen LogP contribution in [0.2, 0.25) is 5.02 Å². The molecule has 22 heavy (non-hydrogen) atoms.